The fourth-order valence-corrected chi connectivity index (χ4v) is 3.36. The van der Waals surface area contributed by atoms with E-state index in [1.54, 1.807) is 19.1 Å². The van der Waals surface area contributed by atoms with E-state index in [2.05, 4.69) is 5.32 Å². The number of amides is 1. The van der Waals surface area contributed by atoms with E-state index in [1.165, 1.54) is 0 Å². The van der Waals surface area contributed by atoms with Gasteiger partial charge < -0.3 is 20.5 Å². The molecule has 3 N–H and O–H groups in total. The van der Waals surface area contributed by atoms with Crippen molar-refractivity contribution in [3.8, 4) is 6.07 Å². The summed E-state index contributed by atoms with van der Waals surface area (Å²) < 4.78 is 10.1. The topological polar surface area (TPSA) is 132 Å². The number of nitrogens with two attached hydrogens (primary N) is 1. The Balaban J connectivity index is 2.00. The molecule has 0 spiro atoms. The molecule has 2 aromatic rings. The zero-order chi connectivity index (χ0) is 21.6. The van der Waals surface area contributed by atoms with Gasteiger partial charge in [-0.25, -0.2) is 4.79 Å². The van der Waals surface area contributed by atoms with Crippen LogP contribution in [-0.4, -0.2) is 31.0 Å². The Kier molecular flexibility index (Phi) is 7.33. The maximum atomic E-state index is 12.2. The van der Waals surface area contributed by atoms with Crippen LogP contribution in [0.3, 0.4) is 0 Å². The molecular formula is C20H21N3O5S. The van der Waals surface area contributed by atoms with E-state index in [9.17, 15) is 19.6 Å². The number of hydrogen-bond acceptors (Lipinski definition) is 8. The van der Waals surface area contributed by atoms with E-state index in [1.807, 2.05) is 26.0 Å². The van der Waals surface area contributed by atoms with Crippen molar-refractivity contribution in [2.45, 2.75) is 27.4 Å². The first-order valence-electron chi connectivity index (χ1n) is 8.77. The number of thiophene rings is 1. The monoisotopic (exact) mass is 415 g/mol. The summed E-state index contributed by atoms with van der Waals surface area (Å²) in [7, 11) is 0. The highest BCUT2D eigenvalue weighted by molar-refractivity contribution is 7.18. The van der Waals surface area contributed by atoms with Crippen LogP contribution < -0.4 is 11.1 Å². The fraction of sp³-hybridized carbons (Fsp3) is 0.300. The SMILES string of the molecule is CCOC(=O)c1sc(N)c(C#N)c1COC(=O)CNC(=O)c1ccc(C)c(C)c1. The zero-order valence-electron chi connectivity index (χ0n) is 16.3. The number of nitriles is 1. The number of hydrogen-bond donors (Lipinski definition) is 2. The van der Waals surface area contributed by atoms with Gasteiger partial charge in [-0.1, -0.05) is 6.07 Å². The molecule has 8 nitrogen and oxygen atoms in total. The summed E-state index contributed by atoms with van der Waals surface area (Å²) in [4.78, 5) is 36.3. The lowest BCUT2D eigenvalue weighted by atomic mass is 10.1. The van der Waals surface area contributed by atoms with Crippen molar-refractivity contribution in [2.75, 3.05) is 18.9 Å². The molecule has 0 fully saturated rings. The number of aryl methyl sites for hydroxylation is 2. The Morgan fingerprint density at radius 3 is 2.55 bits per heavy atom. The minimum absolute atomic E-state index is 0.0741. The molecule has 0 aliphatic carbocycles. The summed E-state index contributed by atoms with van der Waals surface area (Å²) in [6, 6.07) is 7.13. The molecule has 9 heteroatoms. The summed E-state index contributed by atoms with van der Waals surface area (Å²) in [6.07, 6.45) is 0. The molecule has 0 bridgehead atoms. The van der Waals surface area contributed by atoms with Crippen LogP contribution in [0.1, 0.15) is 49.2 Å². The largest absolute Gasteiger partial charge is 0.462 e. The highest BCUT2D eigenvalue weighted by atomic mass is 32.1. The molecule has 0 saturated carbocycles. The molecule has 1 amide bonds. The van der Waals surface area contributed by atoms with Crippen LogP contribution in [-0.2, 0) is 20.9 Å². The van der Waals surface area contributed by atoms with Gasteiger partial charge in [0, 0.05) is 11.1 Å². The molecule has 1 aromatic carbocycles. The van der Waals surface area contributed by atoms with Gasteiger partial charge in [0.25, 0.3) is 5.91 Å². The molecular weight excluding hydrogens is 394 g/mol. The minimum atomic E-state index is -0.717. The van der Waals surface area contributed by atoms with Crippen LogP contribution in [0.4, 0.5) is 5.00 Å². The summed E-state index contributed by atoms with van der Waals surface area (Å²) in [5.41, 5.74) is 8.49. The predicted octanol–water partition coefficient (Wildman–Crippen LogP) is 2.47. The number of carbonyl (C=O) groups excluding carboxylic acids is 3. The number of rotatable bonds is 7. The summed E-state index contributed by atoms with van der Waals surface area (Å²) in [5, 5.41) is 11.9. The Bertz CT molecular complexity index is 991. The predicted molar refractivity (Wildman–Crippen MR) is 107 cm³/mol. The minimum Gasteiger partial charge on any atom is -0.462 e. The standard InChI is InChI=1S/C20H21N3O5S/c1-4-27-20(26)17-15(14(8-21)18(22)29-17)10-28-16(24)9-23-19(25)13-6-5-11(2)12(3)7-13/h5-7H,4,9-10,22H2,1-3H3,(H,23,25). The molecule has 0 atom stereocenters. The van der Waals surface area contributed by atoms with E-state index in [-0.39, 0.29) is 40.8 Å². The Morgan fingerprint density at radius 2 is 1.93 bits per heavy atom. The van der Waals surface area contributed by atoms with Gasteiger partial charge in [-0.05, 0) is 44.0 Å². The van der Waals surface area contributed by atoms with Gasteiger partial charge in [-0.2, -0.15) is 5.26 Å². The molecule has 29 heavy (non-hydrogen) atoms. The highest BCUT2D eigenvalue weighted by Gasteiger charge is 2.24. The van der Waals surface area contributed by atoms with Crippen LogP contribution in [0.25, 0.3) is 0 Å². The first-order chi connectivity index (χ1) is 13.8. The smallest absolute Gasteiger partial charge is 0.348 e. The van der Waals surface area contributed by atoms with Crippen LogP contribution in [0.5, 0.6) is 0 Å². The van der Waals surface area contributed by atoms with Gasteiger partial charge in [-0.3, -0.25) is 9.59 Å². The third-order valence-electron chi connectivity index (χ3n) is 4.15. The van der Waals surface area contributed by atoms with Crippen molar-refractivity contribution in [1.82, 2.24) is 5.32 Å². The van der Waals surface area contributed by atoms with Crippen molar-refractivity contribution < 1.29 is 23.9 Å². The molecule has 2 rings (SSSR count). The number of esters is 2. The lowest BCUT2D eigenvalue weighted by molar-refractivity contribution is -0.143. The molecule has 1 aromatic heterocycles. The molecule has 0 aliphatic rings. The Labute approximate surface area is 172 Å². The fourth-order valence-electron chi connectivity index (χ4n) is 2.45. The van der Waals surface area contributed by atoms with Crippen molar-refractivity contribution in [3.63, 3.8) is 0 Å². The van der Waals surface area contributed by atoms with Crippen molar-refractivity contribution in [1.29, 1.82) is 5.26 Å². The number of nitrogen functional groups attached to an aromatic ring is 1. The number of carbonyl (C=O) groups is 3. The van der Waals surface area contributed by atoms with Gasteiger partial charge in [0.2, 0.25) is 0 Å². The summed E-state index contributed by atoms with van der Waals surface area (Å²) in [5.74, 6) is -1.76. The lowest BCUT2D eigenvalue weighted by Gasteiger charge is -2.09. The third kappa shape index (κ3) is 5.33. The summed E-state index contributed by atoms with van der Waals surface area (Å²) in [6.45, 7) is 4.94. The van der Waals surface area contributed by atoms with Crippen LogP contribution in [0, 0.1) is 25.2 Å². The van der Waals surface area contributed by atoms with Crippen LogP contribution in [0.15, 0.2) is 18.2 Å². The quantitative estimate of drug-likeness (QED) is 0.664. The Morgan fingerprint density at radius 1 is 1.21 bits per heavy atom. The van der Waals surface area contributed by atoms with Crippen LogP contribution in [0.2, 0.25) is 0 Å². The zero-order valence-corrected chi connectivity index (χ0v) is 17.1. The van der Waals surface area contributed by atoms with E-state index < -0.39 is 17.8 Å². The first-order valence-corrected chi connectivity index (χ1v) is 9.59. The second-order valence-corrected chi connectivity index (χ2v) is 7.18. The van der Waals surface area contributed by atoms with E-state index in [0.29, 0.717) is 5.56 Å². The van der Waals surface area contributed by atoms with Crippen molar-refractivity contribution in [3.05, 3.63) is 50.9 Å². The second kappa shape index (κ2) is 9.71. The number of anilines is 1. The summed E-state index contributed by atoms with van der Waals surface area (Å²) >= 11 is 0.903. The van der Waals surface area contributed by atoms with E-state index in [0.717, 1.165) is 22.5 Å². The van der Waals surface area contributed by atoms with Gasteiger partial charge in [0.05, 0.1) is 12.2 Å². The molecule has 0 radical (unpaired) electrons. The van der Waals surface area contributed by atoms with Gasteiger partial charge in [0.15, 0.2) is 0 Å². The van der Waals surface area contributed by atoms with Crippen LogP contribution >= 0.6 is 11.3 Å². The van der Waals surface area contributed by atoms with E-state index in [4.69, 9.17) is 15.2 Å². The number of ether oxygens (including phenoxy) is 2. The average Bonchev–Trinajstić information content (AvgIpc) is 3.02. The molecule has 0 aliphatic heterocycles. The highest BCUT2D eigenvalue weighted by Crippen LogP contribution is 2.31. The maximum absolute atomic E-state index is 12.2. The molecule has 152 valence electrons. The van der Waals surface area contributed by atoms with Gasteiger partial charge >= 0.3 is 11.9 Å². The second-order valence-electron chi connectivity index (χ2n) is 6.12. The average molecular weight is 415 g/mol. The molecule has 0 unspecified atom stereocenters. The molecule has 1 heterocycles. The van der Waals surface area contributed by atoms with Gasteiger partial charge in [-0.15, -0.1) is 11.3 Å². The normalized spacial score (nSPS) is 10.1. The van der Waals surface area contributed by atoms with E-state index >= 15 is 0 Å². The number of benzene rings is 1. The Hall–Kier alpha value is -3.38. The lowest BCUT2D eigenvalue weighted by Crippen LogP contribution is -2.30. The van der Waals surface area contributed by atoms with Crippen molar-refractivity contribution in [2.24, 2.45) is 0 Å². The maximum Gasteiger partial charge on any atom is 0.348 e. The van der Waals surface area contributed by atoms with Gasteiger partial charge in [0.1, 0.15) is 29.1 Å². The first kappa shape index (κ1) is 21.9. The van der Waals surface area contributed by atoms with Crippen molar-refractivity contribution >= 4 is 34.2 Å². The third-order valence-corrected chi connectivity index (χ3v) is 5.19. The molecule has 0 saturated heterocycles. The number of nitrogens with one attached hydrogen (secondary N) is 1. The number of nitrogens with zero attached hydrogens (tertiary/aromatic N) is 1.